The van der Waals surface area contributed by atoms with E-state index in [1.807, 2.05) is 6.92 Å². The Balaban J connectivity index is 1.65. The van der Waals surface area contributed by atoms with Gasteiger partial charge in [0.1, 0.15) is 11.4 Å². The van der Waals surface area contributed by atoms with Gasteiger partial charge in [0.15, 0.2) is 0 Å². The molecular formula is C19H18ClF6N3O3. The average molecular weight is 486 g/mol. The number of hydrogen-bond donors (Lipinski definition) is 1. The van der Waals surface area contributed by atoms with Crippen LogP contribution in [0.15, 0.2) is 18.2 Å². The summed E-state index contributed by atoms with van der Waals surface area (Å²) < 4.78 is 84.3. The first kappa shape index (κ1) is 24.2. The van der Waals surface area contributed by atoms with Crippen molar-refractivity contribution in [3.63, 3.8) is 0 Å². The van der Waals surface area contributed by atoms with E-state index in [0.717, 1.165) is 36.2 Å². The van der Waals surface area contributed by atoms with Gasteiger partial charge in [-0.2, -0.15) is 13.9 Å². The molecule has 0 spiro atoms. The Kier molecular flexibility index (Phi) is 6.66. The third kappa shape index (κ3) is 5.29. The largest absolute Gasteiger partial charge is 0.525 e. The third-order valence-corrected chi connectivity index (χ3v) is 5.18. The van der Waals surface area contributed by atoms with Crippen LogP contribution in [0.3, 0.4) is 0 Å². The first-order valence-corrected chi connectivity index (χ1v) is 9.74. The Morgan fingerprint density at radius 1 is 1.34 bits per heavy atom. The van der Waals surface area contributed by atoms with Crippen LogP contribution in [0.5, 0.6) is 5.75 Å². The number of aromatic nitrogens is 2. The van der Waals surface area contributed by atoms with Crippen LogP contribution in [0.25, 0.3) is 0 Å². The summed E-state index contributed by atoms with van der Waals surface area (Å²) in [7, 11) is 1.66. The van der Waals surface area contributed by atoms with Gasteiger partial charge in [-0.25, -0.2) is 9.13 Å². The maximum Gasteiger partial charge on any atom is 0.525 e. The Morgan fingerprint density at radius 2 is 2.03 bits per heavy atom. The van der Waals surface area contributed by atoms with Crippen LogP contribution in [-0.2, 0) is 24.8 Å². The van der Waals surface area contributed by atoms with Crippen LogP contribution in [0.2, 0.25) is 5.02 Å². The Hall–Kier alpha value is -2.47. The lowest BCUT2D eigenvalue weighted by atomic mass is 10.1. The second-order valence-electron chi connectivity index (χ2n) is 7.27. The van der Waals surface area contributed by atoms with Gasteiger partial charge in [-0.1, -0.05) is 24.6 Å². The van der Waals surface area contributed by atoms with Crippen LogP contribution in [0, 0.1) is 0 Å². The minimum atomic E-state index is -5.62. The molecule has 13 heteroatoms. The summed E-state index contributed by atoms with van der Waals surface area (Å²) in [4.78, 5) is 12.6. The SMILES string of the molecule is CC1CCc2c1nn(C)c2C(=O)NCc1ccc(OC(F)(F)C(F)OC(F)(F)F)c(Cl)c1. The standard InChI is InChI=1S/C19H18ClF6N3O3/c1-9-3-5-11-14(9)28-29(2)15(11)16(30)27-8-10-4-6-13(12(20)7-10)31-18(22,23)17(21)32-19(24,25)26/h4,6-7,9,17H,3,5,8H2,1-2H3,(H,27,30). The first-order chi connectivity index (χ1) is 14.8. The molecule has 2 aromatic rings. The molecule has 2 unspecified atom stereocenters. The molecular weight excluding hydrogens is 468 g/mol. The lowest BCUT2D eigenvalue weighted by Gasteiger charge is -2.22. The molecule has 0 saturated carbocycles. The van der Waals surface area contributed by atoms with Crippen molar-refractivity contribution in [3.05, 3.63) is 45.7 Å². The van der Waals surface area contributed by atoms with Gasteiger partial charge in [0, 0.05) is 25.1 Å². The molecule has 3 rings (SSSR count). The van der Waals surface area contributed by atoms with Crippen molar-refractivity contribution in [1.82, 2.24) is 15.1 Å². The second kappa shape index (κ2) is 8.81. The quantitative estimate of drug-likeness (QED) is 0.569. The molecule has 1 aliphatic carbocycles. The predicted octanol–water partition coefficient (Wildman–Crippen LogP) is 4.86. The maximum atomic E-state index is 13.6. The third-order valence-electron chi connectivity index (χ3n) is 4.88. The van der Waals surface area contributed by atoms with E-state index >= 15 is 0 Å². The Morgan fingerprint density at radius 3 is 2.66 bits per heavy atom. The van der Waals surface area contributed by atoms with Crippen molar-refractivity contribution >= 4 is 17.5 Å². The molecule has 1 aromatic heterocycles. The highest BCUT2D eigenvalue weighted by molar-refractivity contribution is 6.32. The summed E-state index contributed by atoms with van der Waals surface area (Å²) in [6, 6.07) is 3.31. The van der Waals surface area contributed by atoms with Gasteiger partial charge in [0.25, 0.3) is 5.91 Å². The van der Waals surface area contributed by atoms with Gasteiger partial charge >= 0.3 is 18.8 Å². The summed E-state index contributed by atoms with van der Waals surface area (Å²) in [5.74, 6) is -0.894. The molecule has 0 radical (unpaired) electrons. The van der Waals surface area contributed by atoms with E-state index in [1.54, 1.807) is 7.05 Å². The van der Waals surface area contributed by atoms with E-state index in [2.05, 4.69) is 19.9 Å². The van der Waals surface area contributed by atoms with Gasteiger partial charge in [-0.05, 0) is 30.5 Å². The number of halogens is 7. The predicted molar refractivity (Wildman–Crippen MR) is 100 cm³/mol. The first-order valence-electron chi connectivity index (χ1n) is 9.36. The molecule has 6 nitrogen and oxygen atoms in total. The zero-order valence-electron chi connectivity index (χ0n) is 16.8. The molecule has 0 bridgehead atoms. The van der Waals surface area contributed by atoms with Crippen LogP contribution in [-0.4, -0.2) is 34.5 Å². The molecule has 1 aliphatic rings. The number of aryl methyl sites for hydroxylation is 1. The summed E-state index contributed by atoms with van der Waals surface area (Å²) in [6.45, 7) is 1.99. The van der Waals surface area contributed by atoms with E-state index < -0.39 is 29.6 Å². The van der Waals surface area contributed by atoms with Crippen LogP contribution in [0.1, 0.15) is 46.6 Å². The molecule has 176 valence electrons. The van der Waals surface area contributed by atoms with E-state index in [4.69, 9.17) is 11.6 Å². The van der Waals surface area contributed by atoms with E-state index in [9.17, 15) is 31.1 Å². The van der Waals surface area contributed by atoms with Crippen molar-refractivity contribution < 1.29 is 40.6 Å². The topological polar surface area (TPSA) is 65.4 Å². The number of carbonyl (C=O) groups is 1. The van der Waals surface area contributed by atoms with Gasteiger partial charge in [0.05, 0.1) is 10.7 Å². The molecule has 1 N–H and O–H groups in total. The zero-order valence-corrected chi connectivity index (χ0v) is 17.5. The van der Waals surface area contributed by atoms with Crippen LogP contribution < -0.4 is 10.1 Å². The average Bonchev–Trinajstić information content (AvgIpc) is 3.18. The number of hydrogen-bond acceptors (Lipinski definition) is 4. The molecule has 2 atom stereocenters. The number of fused-ring (bicyclic) bond motifs is 1. The number of carbonyl (C=O) groups excluding carboxylic acids is 1. The fraction of sp³-hybridized carbons (Fsp3) is 0.474. The molecule has 1 amide bonds. The van der Waals surface area contributed by atoms with Crippen molar-refractivity contribution in [2.45, 2.75) is 51.1 Å². The van der Waals surface area contributed by atoms with Crippen LogP contribution in [0.4, 0.5) is 26.3 Å². The van der Waals surface area contributed by atoms with E-state index in [0.29, 0.717) is 11.3 Å². The van der Waals surface area contributed by atoms with E-state index in [-0.39, 0.29) is 18.4 Å². The zero-order chi connectivity index (χ0) is 23.8. The van der Waals surface area contributed by atoms with Crippen molar-refractivity contribution in [2.75, 3.05) is 0 Å². The lowest BCUT2D eigenvalue weighted by Crippen LogP contribution is -2.41. The summed E-state index contributed by atoms with van der Waals surface area (Å²) in [5.41, 5.74) is 2.57. The van der Waals surface area contributed by atoms with E-state index in [1.165, 1.54) is 10.7 Å². The highest BCUT2D eigenvalue weighted by Gasteiger charge is 2.50. The van der Waals surface area contributed by atoms with Gasteiger partial charge in [0.2, 0.25) is 0 Å². The number of nitrogens with one attached hydrogen (secondary N) is 1. The molecule has 0 aliphatic heterocycles. The van der Waals surface area contributed by atoms with Crippen LogP contribution >= 0.6 is 11.6 Å². The second-order valence-corrected chi connectivity index (χ2v) is 7.67. The molecule has 1 heterocycles. The Labute approximate surface area is 183 Å². The highest BCUT2D eigenvalue weighted by atomic mass is 35.5. The number of nitrogens with zero attached hydrogens (tertiary/aromatic N) is 2. The van der Waals surface area contributed by atoms with Crippen molar-refractivity contribution in [2.24, 2.45) is 7.05 Å². The summed E-state index contributed by atoms with van der Waals surface area (Å²) in [6.07, 6.45) is -13.0. The normalized spacial score (nSPS) is 17.2. The molecule has 0 fully saturated rings. The number of alkyl halides is 6. The van der Waals surface area contributed by atoms with Crippen molar-refractivity contribution in [1.29, 1.82) is 0 Å². The Bertz CT molecular complexity index is 1010. The smallest absolute Gasteiger partial charge is 0.427 e. The number of rotatable bonds is 7. The summed E-state index contributed by atoms with van der Waals surface area (Å²) in [5, 5.41) is 6.63. The minimum absolute atomic E-state index is 0.0341. The lowest BCUT2D eigenvalue weighted by molar-refractivity contribution is -0.411. The van der Waals surface area contributed by atoms with Gasteiger partial charge in [-0.15, -0.1) is 13.2 Å². The molecule has 1 aromatic carbocycles. The van der Waals surface area contributed by atoms with Gasteiger partial charge < -0.3 is 10.1 Å². The monoisotopic (exact) mass is 485 g/mol. The van der Waals surface area contributed by atoms with Gasteiger partial charge in [-0.3, -0.25) is 9.48 Å². The fourth-order valence-electron chi connectivity index (χ4n) is 3.39. The number of ether oxygens (including phenoxy) is 2. The number of amides is 1. The molecule has 0 saturated heterocycles. The fourth-order valence-corrected chi connectivity index (χ4v) is 3.64. The minimum Gasteiger partial charge on any atom is -0.427 e. The summed E-state index contributed by atoms with van der Waals surface area (Å²) >= 11 is 5.84. The maximum absolute atomic E-state index is 13.6. The highest BCUT2D eigenvalue weighted by Crippen LogP contribution is 2.36. The number of benzene rings is 1. The van der Waals surface area contributed by atoms with Crippen molar-refractivity contribution in [3.8, 4) is 5.75 Å². The molecule has 32 heavy (non-hydrogen) atoms.